The highest BCUT2D eigenvalue weighted by molar-refractivity contribution is 5.45. The zero-order valence-corrected chi connectivity index (χ0v) is 15.6. The SMILES string of the molecule is Oc1ccc(C2NC(c3ccc(O)cc3O)NC(c3ccc(O)cc3O)N2)c(O)c1. The first-order valence-electron chi connectivity index (χ1n) is 9.15. The summed E-state index contributed by atoms with van der Waals surface area (Å²) >= 11 is 0. The van der Waals surface area contributed by atoms with Crippen molar-refractivity contribution in [1.29, 1.82) is 0 Å². The van der Waals surface area contributed by atoms with E-state index in [-0.39, 0.29) is 34.5 Å². The van der Waals surface area contributed by atoms with Crippen LogP contribution in [0.3, 0.4) is 0 Å². The lowest BCUT2D eigenvalue weighted by Gasteiger charge is -2.40. The van der Waals surface area contributed by atoms with Gasteiger partial charge in [-0.15, -0.1) is 0 Å². The molecule has 3 aromatic carbocycles. The number of hydrogen-bond donors (Lipinski definition) is 9. The summed E-state index contributed by atoms with van der Waals surface area (Å²) in [5.41, 5.74) is 1.29. The van der Waals surface area contributed by atoms with E-state index in [0.717, 1.165) is 0 Å². The Labute approximate surface area is 171 Å². The average molecular weight is 411 g/mol. The van der Waals surface area contributed by atoms with Crippen LogP contribution in [0.2, 0.25) is 0 Å². The zero-order valence-electron chi connectivity index (χ0n) is 15.6. The molecule has 9 heteroatoms. The lowest BCUT2D eigenvalue weighted by molar-refractivity contribution is 0.195. The van der Waals surface area contributed by atoms with Crippen molar-refractivity contribution >= 4 is 0 Å². The number of phenols is 6. The molecule has 0 saturated carbocycles. The van der Waals surface area contributed by atoms with Crippen molar-refractivity contribution in [3.8, 4) is 34.5 Å². The topological polar surface area (TPSA) is 157 Å². The Bertz CT molecular complexity index is 948. The van der Waals surface area contributed by atoms with Crippen LogP contribution >= 0.6 is 0 Å². The van der Waals surface area contributed by atoms with Crippen LogP contribution in [0.4, 0.5) is 0 Å². The zero-order chi connectivity index (χ0) is 21.4. The van der Waals surface area contributed by atoms with Gasteiger partial charge in [-0.25, -0.2) is 0 Å². The first-order chi connectivity index (χ1) is 14.3. The fourth-order valence-corrected chi connectivity index (χ4v) is 3.51. The lowest BCUT2D eigenvalue weighted by atomic mass is 10.0. The molecule has 3 aromatic rings. The molecule has 1 fully saturated rings. The van der Waals surface area contributed by atoms with E-state index in [1.165, 1.54) is 36.4 Å². The summed E-state index contributed by atoms with van der Waals surface area (Å²) in [6.07, 6.45) is -1.95. The van der Waals surface area contributed by atoms with Gasteiger partial charge in [-0.2, -0.15) is 0 Å². The van der Waals surface area contributed by atoms with Crippen LogP contribution in [0.5, 0.6) is 34.5 Å². The summed E-state index contributed by atoms with van der Waals surface area (Å²) in [6, 6.07) is 12.6. The number of benzene rings is 3. The first-order valence-corrected chi connectivity index (χ1v) is 9.15. The molecule has 4 rings (SSSR count). The number of phenolic OH excluding ortho intramolecular Hbond substituents is 6. The van der Waals surface area contributed by atoms with Crippen LogP contribution in [0.15, 0.2) is 54.6 Å². The minimum atomic E-state index is -0.650. The Kier molecular flexibility index (Phi) is 5.00. The van der Waals surface area contributed by atoms with Crippen LogP contribution in [0.1, 0.15) is 35.2 Å². The van der Waals surface area contributed by atoms with E-state index < -0.39 is 18.5 Å². The number of aromatic hydroxyl groups is 6. The van der Waals surface area contributed by atoms with Crippen LogP contribution in [-0.4, -0.2) is 30.6 Å². The average Bonchev–Trinajstić information content (AvgIpc) is 2.67. The van der Waals surface area contributed by atoms with Crippen molar-refractivity contribution in [2.75, 3.05) is 0 Å². The molecule has 1 aliphatic rings. The molecular formula is C21H21N3O6. The van der Waals surface area contributed by atoms with Crippen molar-refractivity contribution in [2.45, 2.75) is 18.5 Å². The minimum Gasteiger partial charge on any atom is -0.508 e. The molecule has 1 saturated heterocycles. The molecule has 30 heavy (non-hydrogen) atoms. The predicted octanol–water partition coefficient (Wildman–Crippen LogP) is 2.10. The summed E-state index contributed by atoms with van der Waals surface area (Å²) in [5.74, 6) is -0.723. The molecule has 0 spiro atoms. The van der Waals surface area contributed by atoms with Gasteiger partial charge in [-0.1, -0.05) is 0 Å². The van der Waals surface area contributed by atoms with Crippen LogP contribution in [0.25, 0.3) is 0 Å². The Morgan fingerprint density at radius 1 is 0.433 bits per heavy atom. The molecule has 1 aliphatic heterocycles. The van der Waals surface area contributed by atoms with E-state index in [4.69, 9.17) is 0 Å². The van der Waals surface area contributed by atoms with Crippen molar-refractivity contribution in [2.24, 2.45) is 0 Å². The number of rotatable bonds is 3. The largest absolute Gasteiger partial charge is 0.508 e. The van der Waals surface area contributed by atoms with Gasteiger partial charge in [0.2, 0.25) is 0 Å². The lowest BCUT2D eigenvalue weighted by Crippen LogP contribution is -2.54. The van der Waals surface area contributed by atoms with Gasteiger partial charge in [0.25, 0.3) is 0 Å². The highest BCUT2D eigenvalue weighted by Gasteiger charge is 2.33. The quantitative estimate of drug-likeness (QED) is 0.315. The Hall–Kier alpha value is -3.66. The molecule has 0 aliphatic carbocycles. The first kappa shape index (κ1) is 19.6. The van der Waals surface area contributed by atoms with Crippen LogP contribution in [0, 0.1) is 0 Å². The maximum Gasteiger partial charge on any atom is 0.125 e. The molecule has 0 atom stereocenters. The second-order valence-electron chi connectivity index (χ2n) is 7.03. The van der Waals surface area contributed by atoms with Gasteiger partial charge in [0, 0.05) is 34.9 Å². The van der Waals surface area contributed by atoms with E-state index in [9.17, 15) is 30.6 Å². The minimum absolute atomic E-state index is 0.0920. The van der Waals surface area contributed by atoms with E-state index in [1.807, 2.05) is 0 Å². The third-order valence-electron chi connectivity index (χ3n) is 4.98. The maximum absolute atomic E-state index is 10.3. The second kappa shape index (κ2) is 7.64. The molecule has 9 N–H and O–H groups in total. The fourth-order valence-electron chi connectivity index (χ4n) is 3.51. The van der Waals surface area contributed by atoms with E-state index >= 15 is 0 Å². The van der Waals surface area contributed by atoms with Gasteiger partial charge in [0.05, 0.1) is 18.5 Å². The van der Waals surface area contributed by atoms with Crippen molar-refractivity contribution < 1.29 is 30.6 Å². The third-order valence-corrected chi connectivity index (χ3v) is 4.98. The Balaban J connectivity index is 1.75. The second-order valence-corrected chi connectivity index (χ2v) is 7.03. The van der Waals surface area contributed by atoms with Gasteiger partial charge in [-0.3, -0.25) is 16.0 Å². The highest BCUT2D eigenvalue weighted by Crippen LogP contribution is 2.37. The van der Waals surface area contributed by atoms with Crippen LogP contribution < -0.4 is 16.0 Å². The summed E-state index contributed by atoms with van der Waals surface area (Å²) in [4.78, 5) is 0. The van der Waals surface area contributed by atoms with Gasteiger partial charge < -0.3 is 30.6 Å². The molecule has 9 nitrogen and oxygen atoms in total. The molecule has 0 amide bonds. The number of hydrogen-bond acceptors (Lipinski definition) is 9. The molecule has 0 aromatic heterocycles. The highest BCUT2D eigenvalue weighted by atomic mass is 16.3. The number of nitrogens with one attached hydrogen (secondary N) is 3. The van der Waals surface area contributed by atoms with Gasteiger partial charge in [0.1, 0.15) is 34.5 Å². The molecule has 1 heterocycles. The smallest absolute Gasteiger partial charge is 0.125 e. The molecular weight excluding hydrogens is 390 g/mol. The van der Waals surface area contributed by atoms with E-state index in [2.05, 4.69) is 16.0 Å². The predicted molar refractivity (Wildman–Crippen MR) is 107 cm³/mol. The Morgan fingerprint density at radius 2 is 0.700 bits per heavy atom. The third kappa shape index (κ3) is 3.77. The Morgan fingerprint density at radius 3 is 0.933 bits per heavy atom. The molecule has 0 bridgehead atoms. The summed E-state index contributed by atoms with van der Waals surface area (Å²) in [6.45, 7) is 0. The normalized spacial score (nSPS) is 21.4. The maximum atomic E-state index is 10.3. The van der Waals surface area contributed by atoms with Crippen molar-refractivity contribution in [3.05, 3.63) is 71.3 Å². The fraction of sp³-hybridized carbons (Fsp3) is 0.143. The van der Waals surface area contributed by atoms with Crippen LogP contribution in [-0.2, 0) is 0 Å². The van der Waals surface area contributed by atoms with Gasteiger partial charge in [0.15, 0.2) is 0 Å². The van der Waals surface area contributed by atoms with E-state index in [1.54, 1.807) is 18.2 Å². The van der Waals surface area contributed by atoms with Gasteiger partial charge in [-0.05, 0) is 36.4 Å². The molecule has 156 valence electrons. The summed E-state index contributed by atoms with van der Waals surface area (Å²) < 4.78 is 0. The standard InChI is InChI=1S/C21H21N3O6/c25-10-1-4-13(16(28)7-10)19-22-20(14-5-2-11(26)8-17(14)29)24-21(23-19)15-6-3-12(27)9-18(15)30/h1-9,19-30H. The van der Waals surface area contributed by atoms with E-state index in [0.29, 0.717) is 16.7 Å². The van der Waals surface area contributed by atoms with Gasteiger partial charge >= 0.3 is 0 Å². The molecule has 0 radical (unpaired) electrons. The monoisotopic (exact) mass is 411 g/mol. The summed E-state index contributed by atoms with van der Waals surface area (Å²) in [7, 11) is 0. The van der Waals surface area contributed by atoms with Crippen molar-refractivity contribution in [3.63, 3.8) is 0 Å². The molecule has 0 unspecified atom stereocenters. The summed E-state index contributed by atoms with van der Waals surface area (Å²) in [5, 5.41) is 69.3. The van der Waals surface area contributed by atoms with Crippen molar-refractivity contribution in [1.82, 2.24) is 16.0 Å².